The topological polar surface area (TPSA) is 73.2 Å². The van der Waals surface area contributed by atoms with E-state index in [-0.39, 0.29) is 36.4 Å². The van der Waals surface area contributed by atoms with Crippen LogP contribution in [0.4, 0.5) is 0 Å². The number of nitriles is 1. The highest BCUT2D eigenvalue weighted by Gasteiger charge is 2.38. The van der Waals surface area contributed by atoms with Crippen molar-refractivity contribution in [2.24, 2.45) is 5.92 Å². The second-order valence-electron chi connectivity index (χ2n) is 5.20. The van der Waals surface area contributed by atoms with E-state index in [2.05, 4.69) is 11.4 Å². The molecule has 3 atom stereocenters. The van der Waals surface area contributed by atoms with E-state index < -0.39 is 0 Å². The van der Waals surface area contributed by atoms with E-state index >= 15 is 0 Å². The lowest BCUT2D eigenvalue weighted by molar-refractivity contribution is -0.141. The summed E-state index contributed by atoms with van der Waals surface area (Å²) >= 11 is 0. The number of imide groups is 1. The fourth-order valence-electron chi connectivity index (χ4n) is 2.97. The van der Waals surface area contributed by atoms with Crippen LogP contribution in [-0.2, 0) is 9.59 Å². The van der Waals surface area contributed by atoms with Crippen LogP contribution in [0.5, 0.6) is 0 Å². The maximum atomic E-state index is 11.7. The van der Waals surface area contributed by atoms with Crippen LogP contribution < -0.4 is 5.32 Å². The van der Waals surface area contributed by atoms with E-state index in [1.165, 1.54) is 0 Å². The lowest BCUT2D eigenvalue weighted by Crippen LogP contribution is -2.60. The molecule has 1 saturated carbocycles. The van der Waals surface area contributed by atoms with E-state index in [0.29, 0.717) is 0 Å². The van der Waals surface area contributed by atoms with Crippen LogP contribution in [0.2, 0.25) is 0 Å². The highest BCUT2D eigenvalue weighted by atomic mass is 16.2. The van der Waals surface area contributed by atoms with Gasteiger partial charge in [0.2, 0.25) is 11.8 Å². The third kappa shape index (κ3) is 2.54. The van der Waals surface area contributed by atoms with E-state index in [1.54, 1.807) is 6.92 Å². The van der Waals surface area contributed by atoms with Crippen molar-refractivity contribution in [1.29, 1.82) is 5.26 Å². The Labute approximate surface area is 107 Å². The minimum absolute atomic E-state index is 0.0440. The van der Waals surface area contributed by atoms with Crippen LogP contribution >= 0.6 is 0 Å². The number of nitrogens with one attached hydrogen (secondary N) is 1. The molecule has 1 heterocycles. The second kappa shape index (κ2) is 5.49. The number of hydrogen-bond acceptors (Lipinski definition) is 4. The maximum absolute atomic E-state index is 11.7. The van der Waals surface area contributed by atoms with Gasteiger partial charge in [0.05, 0.1) is 24.6 Å². The standard InChI is InChI=1S/C13H19N3O2/c1-9-13(18)15-12(17)8-16(9)11-6-4-2-3-5-10(11)7-14/h9-11H,2-6,8H2,1H3,(H,15,17,18). The zero-order valence-corrected chi connectivity index (χ0v) is 10.7. The number of amides is 2. The van der Waals surface area contributed by atoms with Gasteiger partial charge in [-0.3, -0.25) is 19.8 Å². The summed E-state index contributed by atoms with van der Waals surface area (Å²) < 4.78 is 0. The highest BCUT2D eigenvalue weighted by molar-refractivity contribution is 6.00. The van der Waals surface area contributed by atoms with Crippen LogP contribution in [0.1, 0.15) is 39.0 Å². The Bertz CT molecular complexity index is 388. The third-order valence-electron chi connectivity index (χ3n) is 4.04. The van der Waals surface area contributed by atoms with Gasteiger partial charge in [0.15, 0.2) is 0 Å². The van der Waals surface area contributed by atoms with Crippen molar-refractivity contribution in [3.8, 4) is 6.07 Å². The molecule has 2 fully saturated rings. The van der Waals surface area contributed by atoms with Crippen LogP contribution in [0.15, 0.2) is 0 Å². The van der Waals surface area contributed by atoms with Crippen molar-refractivity contribution in [2.75, 3.05) is 6.54 Å². The largest absolute Gasteiger partial charge is 0.294 e. The molecule has 5 heteroatoms. The molecule has 1 N–H and O–H groups in total. The first-order chi connectivity index (χ1) is 8.63. The van der Waals surface area contributed by atoms with Crippen LogP contribution in [0.3, 0.4) is 0 Å². The lowest BCUT2D eigenvalue weighted by atomic mass is 9.93. The molecule has 0 aromatic rings. The number of nitrogens with zero attached hydrogens (tertiary/aromatic N) is 2. The summed E-state index contributed by atoms with van der Waals surface area (Å²) in [7, 11) is 0. The molecule has 3 unspecified atom stereocenters. The number of carbonyl (C=O) groups excluding carboxylic acids is 2. The van der Waals surface area contributed by atoms with Crippen molar-refractivity contribution in [3.05, 3.63) is 0 Å². The SMILES string of the molecule is CC1C(=O)NC(=O)CN1C1CCCCCC1C#N. The van der Waals surface area contributed by atoms with Crippen molar-refractivity contribution >= 4 is 11.8 Å². The van der Waals surface area contributed by atoms with Crippen molar-refractivity contribution < 1.29 is 9.59 Å². The first-order valence-corrected chi connectivity index (χ1v) is 6.62. The van der Waals surface area contributed by atoms with Gasteiger partial charge < -0.3 is 0 Å². The predicted molar refractivity (Wildman–Crippen MR) is 65.3 cm³/mol. The fourth-order valence-corrected chi connectivity index (χ4v) is 2.97. The molecule has 98 valence electrons. The Morgan fingerprint density at radius 1 is 1.28 bits per heavy atom. The quantitative estimate of drug-likeness (QED) is 0.551. The van der Waals surface area contributed by atoms with E-state index in [9.17, 15) is 14.9 Å². The van der Waals surface area contributed by atoms with E-state index in [4.69, 9.17) is 0 Å². The lowest BCUT2D eigenvalue weighted by Gasteiger charge is -2.39. The van der Waals surface area contributed by atoms with Gasteiger partial charge in [-0.05, 0) is 19.8 Å². The Balaban J connectivity index is 2.18. The first-order valence-electron chi connectivity index (χ1n) is 6.62. The number of piperazine rings is 1. The Kier molecular flexibility index (Phi) is 3.97. The van der Waals surface area contributed by atoms with Gasteiger partial charge in [-0.15, -0.1) is 0 Å². The first kappa shape index (κ1) is 13.0. The number of hydrogen-bond donors (Lipinski definition) is 1. The molecule has 18 heavy (non-hydrogen) atoms. The van der Waals surface area contributed by atoms with E-state index in [1.807, 2.05) is 4.90 Å². The minimum atomic E-state index is -0.318. The molecule has 1 aliphatic heterocycles. The van der Waals surface area contributed by atoms with Gasteiger partial charge in [-0.1, -0.05) is 19.3 Å². The van der Waals surface area contributed by atoms with Crippen molar-refractivity contribution in [1.82, 2.24) is 10.2 Å². The smallest absolute Gasteiger partial charge is 0.243 e. The average molecular weight is 249 g/mol. The summed E-state index contributed by atoms with van der Waals surface area (Å²) in [5, 5.41) is 11.6. The molecule has 1 saturated heterocycles. The zero-order valence-electron chi connectivity index (χ0n) is 10.7. The highest BCUT2D eigenvalue weighted by Crippen LogP contribution is 2.29. The summed E-state index contributed by atoms with van der Waals surface area (Å²) in [5.41, 5.74) is 0. The molecule has 0 aromatic carbocycles. The van der Waals surface area contributed by atoms with Gasteiger partial charge in [0.1, 0.15) is 0 Å². The molecule has 0 bridgehead atoms. The zero-order chi connectivity index (χ0) is 13.1. The Hall–Kier alpha value is -1.41. The summed E-state index contributed by atoms with van der Waals surface area (Å²) in [6.07, 6.45) is 5.05. The summed E-state index contributed by atoms with van der Waals surface area (Å²) in [5.74, 6) is -0.556. The molecule has 2 aliphatic rings. The minimum Gasteiger partial charge on any atom is -0.294 e. The van der Waals surface area contributed by atoms with E-state index in [0.717, 1.165) is 32.1 Å². The average Bonchev–Trinajstić information content (AvgIpc) is 2.58. The van der Waals surface area contributed by atoms with Crippen LogP contribution in [0.25, 0.3) is 0 Å². The van der Waals surface area contributed by atoms with Gasteiger partial charge in [0.25, 0.3) is 0 Å². The number of carbonyl (C=O) groups is 2. The molecule has 1 aliphatic carbocycles. The molecule has 5 nitrogen and oxygen atoms in total. The molecule has 2 amide bonds. The normalized spacial score (nSPS) is 34.6. The number of rotatable bonds is 1. The summed E-state index contributed by atoms with van der Waals surface area (Å²) in [6.45, 7) is 2.04. The van der Waals surface area contributed by atoms with Gasteiger partial charge >= 0.3 is 0 Å². The monoisotopic (exact) mass is 249 g/mol. The maximum Gasteiger partial charge on any atom is 0.243 e. The fraction of sp³-hybridized carbons (Fsp3) is 0.769. The van der Waals surface area contributed by atoms with Gasteiger partial charge in [-0.2, -0.15) is 5.26 Å². The van der Waals surface area contributed by atoms with Gasteiger partial charge in [-0.25, -0.2) is 0 Å². The molecule has 0 aromatic heterocycles. The van der Waals surface area contributed by atoms with Gasteiger partial charge in [0, 0.05) is 6.04 Å². The van der Waals surface area contributed by atoms with Crippen LogP contribution in [0, 0.1) is 17.2 Å². The molecule has 0 radical (unpaired) electrons. The molecular formula is C13H19N3O2. The Morgan fingerprint density at radius 3 is 2.72 bits per heavy atom. The molecule has 2 rings (SSSR count). The molecule has 0 spiro atoms. The second-order valence-corrected chi connectivity index (χ2v) is 5.20. The summed E-state index contributed by atoms with van der Waals surface area (Å²) in [4.78, 5) is 25.1. The summed E-state index contributed by atoms with van der Waals surface area (Å²) in [6, 6.07) is 2.08. The van der Waals surface area contributed by atoms with Crippen LogP contribution in [-0.4, -0.2) is 35.3 Å². The predicted octanol–water partition coefficient (Wildman–Crippen LogP) is 0.806. The Morgan fingerprint density at radius 2 is 2.00 bits per heavy atom. The third-order valence-corrected chi connectivity index (χ3v) is 4.04. The molecular weight excluding hydrogens is 230 g/mol. The van der Waals surface area contributed by atoms with Crippen molar-refractivity contribution in [3.63, 3.8) is 0 Å². The van der Waals surface area contributed by atoms with Crippen molar-refractivity contribution in [2.45, 2.75) is 51.1 Å².